The summed E-state index contributed by atoms with van der Waals surface area (Å²) in [5.41, 5.74) is 3.45. The first-order valence-corrected chi connectivity index (χ1v) is 8.33. The Balaban J connectivity index is 2.12. The van der Waals surface area contributed by atoms with Gasteiger partial charge in [0, 0.05) is 11.6 Å². The van der Waals surface area contributed by atoms with Crippen LogP contribution < -0.4 is 11.3 Å². The number of hydrazine groups is 1. The van der Waals surface area contributed by atoms with Gasteiger partial charge in [0.25, 0.3) is 0 Å². The predicted molar refractivity (Wildman–Crippen MR) is 81.7 cm³/mol. The van der Waals surface area contributed by atoms with E-state index in [-0.39, 0.29) is 5.54 Å². The maximum atomic E-state index is 6.00. The Morgan fingerprint density at radius 3 is 2.47 bits per heavy atom. The maximum absolute atomic E-state index is 6.00. The number of hydrogen-bond acceptors (Lipinski definition) is 3. The van der Waals surface area contributed by atoms with Gasteiger partial charge in [0.2, 0.25) is 0 Å². The van der Waals surface area contributed by atoms with Crippen molar-refractivity contribution in [2.45, 2.75) is 77.3 Å². The molecule has 0 radical (unpaired) electrons. The maximum Gasteiger partial charge on any atom is 0.0420 e. The third-order valence-corrected chi connectivity index (χ3v) is 5.84. The second kappa shape index (κ2) is 6.55. The van der Waals surface area contributed by atoms with Crippen LogP contribution in [-0.2, 0) is 0 Å². The fourth-order valence-electron chi connectivity index (χ4n) is 4.48. The Labute approximate surface area is 119 Å². The molecule has 2 rings (SSSR count). The first kappa shape index (κ1) is 15.3. The quantitative estimate of drug-likeness (QED) is 0.594. The highest BCUT2D eigenvalue weighted by Gasteiger charge is 2.43. The van der Waals surface area contributed by atoms with Gasteiger partial charge in [0.05, 0.1) is 0 Å². The molecular formula is C16H33N3. The molecule has 2 aliphatic rings. The zero-order chi connectivity index (χ0) is 13.9. The van der Waals surface area contributed by atoms with Crippen molar-refractivity contribution in [1.82, 2.24) is 10.3 Å². The van der Waals surface area contributed by atoms with Crippen LogP contribution in [0.3, 0.4) is 0 Å². The molecule has 3 heteroatoms. The third kappa shape index (κ3) is 3.14. The van der Waals surface area contributed by atoms with Crippen molar-refractivity contribution < 1.29 is 0 Å². The molecule has 4 unspecified atom stereocenters. The molecule has 3 N–H and O–H groups in total. The molecule has 1 aliphatic carbocycles. The highest BCUT2D eigenvalue weighted by Crippen LogP contribution is 2.38. The van der Waals surface area contributed by atoms with Crippen molar-refractivity contribution in [1.29, 1.82) is 0 Å². The summed E-state index contributed by atoms with van der Waals surface area (Å²) in [4.78, 5) is 2.69. The Hall–Kier alpha value is -0.120. The largest absolute Gasteiger partial charge is 0.296 e. The third-order valence-electron chi connectivity index (χ3n) is 5.84. The van der Waals surface area contributed by atoms with Gasteiger partial charge in [-0.25, -0.2) is 0 Å². The molecular weight excluding hydrogens is 234 g/mol. The van der Waals surface area contributed by atoms with Crippen LogP contribution in [0.4, 0.5) is 0 Å². The van der Waals surface area contributed by atoms with E-state index in [2.05, 4.69) is 31.1 Å². The summed E-state index contributed by atoms with van der Waals surface area (Å²) in [7, 11) is 0. The minimum absolute atomic E-state index is 0.229. The molecule has 1 saturated heterocycles. The van der Waals surface area contributed by atoms with Crippen LogP contribution in [0.25, 0.3) is 0 Å². The van der Waals surface area contributed by atoms with Crippen LogP contribution in [-0.4, -0.2) is 29.6 Å². The summed E-state index contributed by atoms with van der Waals surface area (Å²) in [6.45, 7) is 9.67. The molecule has 0 aromatic rings. The summed E-state index contributed by atoms with van der Waals surface area (Å²) in [5.74, 6) is 7.62. The van der Waals surface area contributed by atoms with Gasteiger partial charge < -0.3 is 0 Å². The zero-order valence-corrected chi connectivity index (χ0v) is 13.1. The fourth-order valence-corrected chi connectivity index (χ4v) is 4.48. The van der Waals surface area contributed by atoms with Gasteiger partial charge >= 0.3 is 0 Å². The minimum atomic E-state index is 0.229. The van der Waals surface area contributed by atoms with Crippen molar-refractivity contribution in [3.63, 3.8) is 0 Å². The number of nitrogens with one attached hydrogen (secondary N) is 1. The molecule has 0 bridgehead atoms. The van der Waals surface area contributed by atoms with E-state index >= 15 is 0 Å². The Morgan fingerprint density at radius 1 is 1.26 bits per heavy atom. The molecule has 0 amide bonds. The van der Waals surface area contributed by atoms with Gasteiger partial charge in [-0.05, 0) is 64.0 Å². The SMILES string of the molecule is CCC(C)(C(NN)C1CCCC(C)C1)N1CCCC1. The molecule has 1 aliphatic heterocycles. The molecule has 0 spiro atoms. The van der Waals surface area contributed by atoms with E-state index in [1.165, 1.54) is 58.0 Å². The average Bonchev–Trinajstić information content (AvgIpc) is 2.94. The Bertz CT molecular complexity index is 275. The van der Waals surface area contributed by atoms with Gasteiger partial charge in [-0.2, -0.15) is 0 Å². The molecule has 112 valence electrons. The average molecular weight is 267 g/mol. The Kier molecular flexibility index (Phi) is 5.27. The lowest BCUT2D eigenvalue weighted by Gasteiger charge is -2.48. The topological polar surface area (TPSA) is 41.3 Å². The van der Waals surface area contributed by atoms with Crippen LogP contribution in [0.1, 0.15) is 65.7 Å². The lowest BCUT2D eigenvalue weighted by molar-refractivity contribution is 0.0411. The minimum Gasteiger partial charge on any atom is -0.296 e. The van der Waals surface area contributed by atoms with Crippen LogP contribution in [0.15, 0.2) is 0 Å². The van der Waals surface area contributed by atoms with Crippen molar-refractivity contribution in [2.24, 2.45) is 17.7 Å². The van der Waals surface area contributed by atoms with E-state index in [1.54, 1.807) is 0 Å². The van der Waals surface area contributed by atoms with Crippen LogP contribution >= 0.6 is 0 Å². The predicted octanol–water partition coefficient (Wildman–Crippen LogP) is 2.91. The fraction of sp³-hybridized carbons (Fsp3) is 1.00. The smallest absolute Gasteiger partial charge is 0.0420 e. The van der Waals surface area contributed by atoms with Crippen LogP contribution in [0.5, 0.6) is 0 Å². The van der Waals surface area contributed by atoms with Gasteiger partial charge in [0.1, 0.15) is 0 Å². The molecule has 0 aromatic carbocycles. The zero-order valence-electron chi connectivity index (χ0n) is 13.1. The van der Waals surface area contributed by atoms with Gasteiger partial charge in [-0.3, -0.25) is 16.2 Å². The first-order valence-electron chi connectivity index (χ1n) is 8.33. The number of rotatable bonds is 5. The van der Waals surface area contributed by atoms with Crippen LogP contribution in [0, 0.1) is 11.8 Å². The highest BCUT2D eigenvalue weighted by atomic mass is 15.3. The highest BCUT2D eigenvalue weighted by molar-refractivity contribution is 5.00. The van der Waals surface area contributed by atoms with E-state index in [9.17, 15) is 0 Å². The molecule has 1 heterocycles. The number of hydrogen-bond donors (Lipinski definition) is 2. The summed E-state index contributed by atoms with van der Waals surface area (Å²) in [5, 5.41) is 0. The van der Waals surface area contributed by atoms with Gasteiger partial charge in [0.15, 0.2) is 0 Å². The standard InChI is InChI=1S/C16H33N3/c1-4-16(3,19-10-5-6-11-19)15(18-17)14-9-7-8-13(2)12-14/h13-15,18H,4-12,17H2,1-3H3. The summed E-state index contributed by atoms with van der Waals surface area (Å²) in [6.07, 6.45) is 9.37. The second-order valence-electron chi connectivity index (χ2n) is 7.08. The molecule has 2 fully saturated rings. The molecule has 19 heavy (non-hydrogen) atoms. The van der Waals surface area contributed by atoms with E-state index in [0.29, 0.717) is 6.04 Å². The lowest BCUT2D eigenvalue weighted by atomic mass is 9.71. The molecule has 4 atom stereocenters. The van der Waals surface area contributed by atoms with Crippen molar-refractivity contribution in [2.75, 3.05) is 13.1 Å². The van der Waals surface area contributed by atoms with Crippen molar-refractivity contribution in [3.8, 4) is 0 Å². The molecule has 1 saturated carbocycles. The molecule has 0 aromatic heterocycles. The van der Waals surface area contributed by atoms with Crippen LogP contribution in [0.2, 0.25) is 0 Å². The van der Waals surface area contributed by atoms with E-state index in [0.717, 1.165) is 11.8 Å². The van der Waals surface area contributed by atoms with Crippen molar-refractivity contribution >= 4 is 0 Å². The van der Waals surface area contributed by atoms with E-state index in [1.807, 2.05) is 0 Å². The number of nitrogens with zero attached hydrogens (tertiary/aromatic N) is 1. The number of nitrogens with two attached hydrogens (primary N) is 1. The normalized spacial score (nSPS) is 34.1. The van der Waals surface area contributed by atoms with E-state index in [4.69, 9.17) is 5.84 Å². The van der Waals surface area contributed by atoms with Gasteiger partial charge in [-0.1, -0.05) is 26.7 Å². The summed E-state index contributed by atoms with van der Waals surface area (Å²) >= 11 is 0. The second-order valence-corrected chi connectivity index (χ2v) is 7.08. The number of likely N-dealkylation sites (tertiary alicyclic amines) is 1. The molecule has 3 nitrogen and oxygen atoms in total. The van der Waals surface area contributed by atoms with Gasteiger partial charge in [-0.15, -0.1) is 0 Å². The summed E-state index contributed by atoms with van der Waals surface area (Å²) < 4.78 is 0. The lowest BCUT2D eigenvalue weighted by Crippen LogP contribution is -2.63. The van der Waals surface area contributed by atoms with E-state index < -0.39 is 0 Å². The monoisotopic (exact) mass is 267 g/mol. The van der Waals surface area contributed by atoms with Crippen molar-refractivity contribution in [3.05, 3.63) is 0 Å². The Morgan fingerprint density at radius 2 is 1.95 bits per heavy atom. The summed E-state index contributed by atoms with van der Waals surface area (Å²) in [6, 6.07) is 0.443. The first-order chi connectivity index (χ1) is 9.11.